The van der Waals surface area contributed by atoms with E-state index >= 15 is 0 Å². The van der Waals surface area contributed by atoms with Crippen LogP contribution in [0.2, 0.25) is 0 Å². The topological polar surface area (TPSA) is 66.5 Å². The van der Waals surface area contributed by atoms with Gasteiger partial charge >= 0.3 is 0 Å². The van der Waals surface area contributed by atoms with Gasteiger partial charge in [0.1, 0.15) is 0 Å². The van der Waals surface area contributed by atoms with Crippen LogP contribution in [-0.4, -0.2) is 29.9 Å². The predicted molar refractivity (Wildman–Crippen MR) is 119 cm³/mol. The summed E-state index contributed by atoms with van der Waals surface area (Å²) in [6.45, 7) is 2.41. The fraction of sp³-hybridized carbons (Fsp3) is 0.476. The maximum Gasteiger partial charge on any atom is 0.243 e. The summed E-state index contributed by atoms with van der Waals surface area (Å²) in [7, 11) is -3.67. The van der Waals surface area contributed by atoms with Crippen LogP contribution in [-0.2, 0) is 21.4 Å². The fourth-order valence-electron chi connectivity index (χ4n) is 4.06. The number of amides is 1. The molecule has 1 aromatic heterocycles. The summed E-state index contributed by atoms with van der Waals surface area (Å²) < 4.78 is 29.1. The smallest absolute Gasteiger partial charge is 0.243 e. The number of carbonyl (C=O) groups excluding carboxylic acids is 1. The molecule has 1 fully saturated rings. The van der Waals surface area contributed by atoms with E-state index in [0.29, 0.717) is 18.7 Å². The third kappa shape index (κ3) is 4.71. The minimum absolute atomic E-state index is 0.0265. The normalized spacial score (nSPS) is 20.9. The molecule has 0 unspecified atom stereocenters. The molecule has 1 atom stereocenters. The number of benzene rings is 1. The average molecular weight is 451 g/mol. The SMILES string of the molecule is C[C@H]1CC(=O)Nc2cc(S(=O)(=O)N(Cc3cccs3)C3CCCCC3)ccc2S1. The van der Waals surface area contributed by atoms with Gasteiger partial charge < -0.3 is 5.32 Å². The number of nitrogens with zero attached hydrogens (tertiary/aromatic N) is 1. The van der Waals surface area contributed by atoms with Crippen LogP contribution in [0.4, 0.5) is 5.69 Å². The molecule has 5 nitrogen and oxygen atoms in total. The van der Waals surface area contributed by atoms with Gasteiger partial charge in [-0.3, -0.25) is 4.79 Å². The monoisotopic (exact) mass is 450 g/mol. The lowest BCUT2D eigenvalue weighted by atomic mass is 9.95. The predicted octanol–water partition coefficient (Wildman–Crippen LogP) is 5.09. The molecule has 29 heavy (non-hydrogen) atoms. The molecule has 1 aliphatic carbocycles. The van der Waals surface area contributed by atoms with E-state index in [1.165, 1.54) is 6.42 Å². The zero-order chi connectivity index (χ0) is 20.4. The van der Waals surface area contributed by atoms with Gasteiger partial charge in [0.25, 0.3) is 0 Å². The van der Waals surface area contributed by atoms with E-state index in [4.69, 9.17) is 0 Å². The van der Waals surface area contributed by atoms with E-state index < -0.39 is 10.0 Å². The first-order chi connectivity index (χ1) is 13.9. The highest BCUT2D eigenvalue weighted by atomic mass is 32.2. The molecule has 0 bridgehead atoms. The summed E-state index contributed by atoms with van der Waals surface area (Å²) in [5, 5.41) is 5.04. The second-order valence-electron chi connectivity index (χ2n) is 7.76. The van der Waals surface area contributed by atoms with E-state index in [2.05, 4.69) is 5.32 Å². The lowest BCUT2D eigenvalue weighted by Crippen LogP contribution is -2.40. The number of anilines is 1. The highest BCUT2D eigenvalue weighted by molar-refractivity contribution is 8.00. The number of nitrogens with one attached hydrogen (secondary N) is 1. The number of rotatable bonds is 5. The molecule has 0 radical (unpaired) electrons. The Balaban J connectivity index is 1.69. The molecular weight excluding hydrogens is 424 g/mol. The number of hydrogen-bond acceptors (Lipinski definition) is 5. The lowest BCUT2D eigenvalue weighted by molar-refractivity contribution is -0.116. The molecule has 8 heteroatoms. The van der Waals surface area contributed by atoms with Gasteiger partial charge in [0, 0.05) is 34.0 Å². The Morgan fingerprint density at radius 2 is 1.97 bits per heavy atom. The summed E-state index contributed by atoms with van der Waals surface area (Å²) in [6.07, 6.45) is 5.53. The first kappa shape index (κ1) is 20.9. The number of thioether (sulfide) groups is 1. The van der Waals surface area contributed by atoms with Gasteiger partial charge in [-0.05, 0) is 42.5 Å². The number of carbonyl (C=O) groups is 1. The van der Waals surface area contributed by atoms with Gasteiger partial charge in [0.05, 0.1) is 10.6 Å². The lowest BCUT2D eigenvalue weighted by Gasteiger charge is -2.33. The third-order valence-electron chi connectivity index (χ3n) is 5.51. The van der Waals surface area contributed by atoms with Crippen molar-refractivity contribution >= 4 is 44.7 Å². The molecular formula is C21H26N2O3S3. The second-order valence-corrected chi connectivity index (χ2v) is 12.2. The molecule has 1 aliphatic heterocycles. The molecule has 1 saturated carbocycles. The molecule has 1 amide bonds. The minimum atomic E-state index is -3.67. The van der Waals surface area contributed by atoms with Crippen molar-refractivity contribution in [1.82, 2.24) is 4.31 Å². The zero-order valence-corrected chi connectivity index (χ0v) is 18.9. The molecule has 2 aliphatic rings. The number of fused-ring (bicyclic) bond motifs is 1. The molecule has 2 heterocycles. The van der Waals surface area contributed by atoms with Crippen molar-refractivity contribution in [3.05, 3.63) is 40.6 Å². The van der Waals surface area contributed by atoms with Crippen molar-refractivity contribution in [2.24, 2.45) is 0 Å². The molecule has 0 saturated heterocycles. The summed E-state index contributed by atoms with van der Waals surface area (Å²) in [5.41, 5.74) is 0.602. The van der Waals surface area contributed by atoms with Gasteiger partial charge in [-0.1, -0.05) is 32.3 Å². The van der Waals surface area contributed by atoms with E-state index in [1.807, 2.05) is 30.5 Å². The van der Waals surface area contributed by atoms with Crippen LogP contribution in [0.1, 0.15) is 50.3 Å². The maximum absolute atomic E-state index is 13.7. The van der Waals surface area contributed by atoms with Gasteiger partial charge in [-0.25, -0.2) is 8.42 Å². The Morgan fingerprint density at radius 1 is 1.17 bits per heavy atom. The molecule has 156 valence electrons. The Kier molecular flexibility index (Phi) is 6.34. The van der Waals surface area contributed by atoms with E-state index in [0.717, 1.165) is 35.5 Å². The van der Waals surface area contributed by atoms with E-state index in [9.17, 15) is 13.2 Å². The molecule has 1 aromatic carbocycles. The molecule has 0 spiro atoms. The average Bonchev–Trinajstić information content (AvgIpc) is 3.16. The van der Waals surface area contributed by atoms with Gasteiger partial charge in [-0.2, -0.15) is 4.31 Å². The quantitative estimate of drug-likeness (QED) is 0.689. The summed E-state index contributed by atoms with van der Waals surface area (Å²) in [4.78, 5) is 14.4. The maximum atomic E-state index is 13.7. The van der Waals surface area contributed by atoms with E-state index in [-0.39, 0.29) is 22.1 Å². The Bertz CT molecular complexity index is 967. The Labute approximate surface area is 180 Å². The standard InChI is InChI=1S/C21H26N2O3S3/c1-15-12-21(24)22-19-13-18(9-10-20(19)28-15)29(25,26)23(14-17-8-5-11-27-17)16-6-3-2-4-7-16/h5,8-11,13,15-16H,2-4,6-7,12,14H2,1H3,(H,22,24)/t15-/m0/s1. The number of hydrogen-bond donors (Lipinski definition) is 1. The van der Waals surface area contributed by atoms with Gasteiger partial charge in [0.2, 0.25) is 15.9 Å². The van der Waals surface area contributed by atoms with Crippen LogP contribution in [0.5, 0.6) is 0 Å². The van der Waals surface area contributed by atoms with Crippen molar-refractivity contribution in [1.29, 1.82) is 0 Å². The number of thiophene rings is 1. The molecule has 2 aromatic rings. The zero-order valence-electron chi connectivity index (χ0n) is 16.5. The molecule has 4 rings (SSSR count). The Hall–Kier alpha value is -1.35. The van der Waals surface area contributed by atoms with Crippen molar-refractivity contribution in [3.63, 3.8) is 0 Å². The van der Waals surface area contributed by atoms with Gasteiger partial charge in [-0.15, -0.1) is 23.1 Å². The fourth-order valence-corrected chi connectivity index (χ4v) is 7.59. The van der Waals surface area contributed by atoms with Crippen LogP contribution in [0.15, 0.2) is 45.5 Å². The highest BCUT2D eigenvalue weighted by Gasteiger charge is 2.33. The third-order valence-corrected chi connectivity index (χ3v) is 9.44. The summed E-state index contributed by atoms with van der Waals surface area (Å²) in [5.74, 6) is -0.0685. The van der Waals surface area contributed by atoms with Crippen molar-refractivity contribution in [3.8, 4) is 0 Å². The van der Waals surface area contributed by atoms with E-state index in [1.54, 1.807) is 39.5 Å². The first-order valence-electron chi connectivity index (χ1n) is 10.1. The first-order valence-corrected chi connectivity index (χ1v) is 13.3. The van der Waals surface area contributed by atoms with Gasteiger partial charge in [0.15, 0.2) is 0 Å². The van der Waals surface area contributed by atoms with Crippen LogP contribution >= 0.6 is 23.1 Å². The van der Waals surface area contributed by atoms with Crippen molar-refractivity contribution < 1.29 is 13.2 Å². The van der Waals surface area contributed by atoms with Crippen LogP contribution < -0.4 is 5.32 Å². The van der Waals surface area contributed by atoms with Crippen molar-refractivity contribution in [2.75, 3.05) is 5.32 Å². The highest BCUT2D eigenvalue weighted by Crippen LogP contribution is 2.38. The summed E-state index contributed by atoms with van der Waals surface area (Å²) in [6, 6.07) is 9.14. The van der Waals surface area contributed by atoms with Crippen LogP contribution in [0.3, 0.4) is 0 Å². The number of sulfonamides is 1. The minimum Gasteiger partial charge on any atom is -0.325 e. The largest absolute Gasteiger partial charge is 0.325 e. The van der Waals surface area contributed by atoms with Crippen LogP contribution in [0.25, 0.3) is 0 Å². The Morgan fingerprint density at radius 3 is 2.69 bits per heavy atom. The molecule has 1 N–H and O–H groups in total. The van der Waals surface area contributed by atoms with Crippen molar-refractivity contribution in [2.45, 2.75) is 73.1 Å². The summed E-state index contributed by atoms with van der Waals surface area (Å²) >= 11 is 3.19. The van der Waals surface area contributed by atoms with Crippen LogP contribution in [0, 0.1) is 0 Å². The second kappa shape index (κ2) is 8.79.